The van der Waals surface area contributed by atoms with Crippen molar-refractivity contribution in [2.45, 2.75) is 45.1 Å². The van der Waals surface area contributed by atoms with Crippen LogP contribution < -0.4 is 10.6 Å². The minimum atomic E-state index is -0.273. The molecule has 0 aromatic heterocycles. The highest BCUT2D eigenvalue weighted by molar-refractivity contribution is 5.94. The van der Waals surface area contributed by atoms with Crippen LogP contribution in [0.5, 0.6) is 0 Å². The van der Waals surface area contributed by atoms with E-state index in [2.05, 4.69) is 6.07 Å². The lowest BCUT2D eigenvalue weighted by molar-refractivity contribution is -0.119. The number of hydrogen-bond donors (Lipinski definition) is 1. The summed E-state index contributed by atoms with van der Waals surface area (Å²) < 4.78 is 0. The summed E-state index contributed by atoms with van der Waals surface area (Å²) in [6.45, 7) is 4.76. The zero-order chi connectivity index (χ0) is 13.2. The highest BCUT2D eigenvalue weighted by atomic mass is 16.2. The van der Waals surface area contributed by atoms with Crippen LogP contribution in [-0.2, 0) is 11.2 Å². The quantitative estimate of drug-likeness (QED) is 0.890. The van der Waals surface area contributed by atoms with Crippen molar-refractivity contribution in [3.63, 3.8) is 0 Å². The van der Waals surface area contributed by atoms with Gasteiger partial charge in [-0.1, -0.05) is 18.2 Å². The van der Waals surface area contributed by atoms with E-state index < -0.39 is 0 Å². The van der Waals surface area contributed by atoms with E-state index in [4.69, 9.17) is 5.73 Å². The Hall–Kier alpha value is -1.35. The summed E-state index contributed by atoms with van der Waals surface area (Å²) >= 11 is 0. The zero-order valence-corrected chi connectivity index (χ0v) is 11.3. The van der Waals surface area contributed by atoms with Crippen molar-refractivity contribution in [1.82, 2.24) is 0 Å². The Balaban J connectivity index is 2.08. The lowest BCUT2D eigenvalue weighted by atomic mass is 9.98. The second kappa shape index (κ2) is 5.11. The average molecular weight is 246 g/mol. The second-order valence-electron chi connectivity index (χ2n) is 5.77. The highest BCUT2D eigenvalue weighted by Crippen LogP contribution is 2.27. The van der Waals surface area contributed by atoms with Gasteiger partial charge in [-0.05, 0) is 44.7 Å². The van der Waals surface area contributed by atoms with E-state index in [0.717, 1.165) is 31.5 Å². The molecular formula is C15H22N2O. The molecule has 0 radical (unpaired) electrons. The van der Waals surface area contributed by atoms with Gasteiger partial charge < -0.3 is 10.6 Å². The average Bonchev–Trinajstić information content (AvgIpc) is 2.34. The molecule has 0 unspecified atom stereocenters. The Labute approximate surface area is 109 Å². The van der Waals surface area contributed by atoms with Gasteiger partial charge in [0, 0.05) is 24.2 Å². The van der Waals surface area contributed by atoms with Crippen molar-refractivity contribution < 1.29 is 4.79 Å². The van der Waals surface area contributed by atoms with E-state index in [9.17, 15) is 4.79 Å². The largest absolute Gasteiger partial charge is 0.326 e. The van der Waals surface area contributed by atoms with Crippen molar-refractivity contribution in [2.75, 3.05) is 11.4 Å². The number of rotatable bonds is 3. The summed E-state index contributed by atoms with van der Waals surface area (Å²) in [6, 6.07) is 8.19. The predicted molar refractivity (Wildman–Crippen MR) is 74.6 cm³/mol. The number of nitrogens with zero attached hydrogens (tertiary/aromatic N) is 1. The number of amides is 1. The van der Waals surface area contributed by atoms with Crippen LogP contribution >= 0.6 is 0 Å². The molecule has 18 heavy (non-hydrogen) atoms. The van der Waals surface area contributed by atoms with Gasteiger partial charge in [-0.3, -0.25) is 4.79 Å². The third kappa shape index (κ3) is 3.10. The number of para-hydroxylation sites is 1. The summed E-state index contributed by atoms with van der Waals surface area (Å²) in [7, 11) is 0. The fourth-order valence-electron chi connectivity index (χ4n) is 2.36. The topological polar surface area (TPSA) is 46.3 Å². The molecule has 0 saturated heterocycles. The second-order valence-corrected chi connectivity index (χ2v) is 5.77. The van der Waals surface area contributed by atoms with Crippen molar-refractivity contribution in [1.29, 1.82) is 0 Å². The van der Waals surface area contributed by atoms with Crippen molar-refractivity contribution >= 4 is 11.6 Å². The molecule has 1 aromatic carbocycles. The first-order valence-corrected chi connectivity index (χ1v) is 6.64. The maximum Gasteiger partial charge on any atom is 0.227 e. The first-order valence-electron chi connectivity index (χ1n) is 6.64. The molecule has 0 saturated carbocycles. The number of nitrogens with two attached hydrogens (primary N) is 1. The number of fused-ring (bicyclic) bond motifs is 1. The molecule has 2 rings (SSSR count). The third-order valence-corrected chi connectivity index (χ3v) is 3.39. The first kappa shape index (κ1) is 13.1. The molecule has 1 aliphatic heterocycles. The van der Waals surface area contributed by atoms with Gasteiger partial charge in [0.25, 0.3) is 0 Å². The van der Waals surface area contributed by atoms with Crippen molar-refractivity contribution in [3.05, 3.63) is 29.8 Å². The molecule has 0 atom stereocenters. The van der Waals surface area contributed by atoms with E-state index >= 15 is 0 Å². The fourth-order valence-corrected chi connectivity index (χ4v) is 2.36. The van der Waals surface area contributed by atoms with E-state index in [1.165, 1.54) is 5.56 Å². The molecular weight excluding hydrogens is 224 g/mol. The number of carbonyl (C=O) groups excluding carboxylic acids is 1. The molecule has 1 heterocycles. The number of anilines is 1. The van der Waals surface area contributed by atoms with Crippen LogP contribution in [0.1, 0.15) is 38.7 Å². The lowest BCUT2D eigenvalue weighted by Crippen LogP contribution is -2.38. The number of benzene rings is 1. The minimum Gasteiger partial charge on any atom is -0.326 e. The van der Waals surface area contributed by atoms with Gasteiger partial charge in [0.05, 0.1) is 0 Å². The third-order valence-electron chi connectivity index (χ3n) is 3.39. The van der Waals surface area contributed by atoms with Gasteiger partial charge >= 0.3 is 0 Å². The molecule has 2 N–H and O–H groups in total. The van der Waals surface area contributed by atoms with Gasteiger partial charge in [0.2, 0.25) is 5.91 Å². The Morgan fingerprint density at radius 3 is 2.83 bits per heavy atom. The SMILES string of the molecule is CC(C)(N)CCC(=O)N1CCCc2ccccc21. The molecule has 1 amide bonds. The van der Waals surface area contributed by atoms with Gasteiger partial charge in [-0.2, -0.15) is 0 Å². The minimum absolute atomic E-state index is 0.195. The molecule has 0 spiro atoms. The number of aryl methyl sites for hydroxylation is 1. The molecule has 0 aliphatic carbocycles. The lowest BCUT2D eigenvalue weighted by Gasteiger charge is -2.30. The van der Waals surface area contributed by atoms with E-state index in [0.29, 0.717) is 6.42 Å². The Bertz CT molecular complexity index is 434. The van der Waals surface area contributed by atoms with Crippen LogP contribution in [-0.4, -0.2) is 18.0 Å². The molecule has 1 aliphatic rings. The maximum absolute atomic E-state index is 12.3. The van der Waals surface area contributed by atoms with Crippen LogP contribution in [0.4, 0.5) is 5.69 Å². The fraction of sp³-hybridized carbons (Fsp3) is 0.533. The van der Waals surface area contributed by atoms with Crippen LogP contribution in [0, 0.1) is 0 Å². The van der Waals surface area contributed by atoms with Gasteiger partial charge in [-0.15, -0.1) is 0 Å². The zero-order valence-electron chi connectivity index (χ0n) is 11.3. The van der Waals surface area contributed by atoms with E-state index in [1.54, 1.807) is 0 Å². The van der Waals surface area contributed by atoms with Crippen LogP contribution in [0.2, 0.25) is 0 Å². The van der Waals surface area contributed by atoms with Crippen LogP contribution in [0.25, 0.3) is 0 Å². The van der Waals surface area contributed by atoms with E-state index in [-0.39, 0.29) is 11.4 Å². The highest BCUT2D eigenvalue weighted by Gasteiger charge is 2.23. The number of hydrogen-bond acceptors (Lipinski definition) is 2. The molecule has 0 bridgehead atoms. The molecule has 3 nitrogen and oxygen atoms in total. The summed E-state index contributed by atoms with van der Waals surface area (Å²) in [5, 5.41) is 0. The maximum atomic E-state index is 12.3. The first-order chi connectivity index (χ1) is 8.47. The van der Waals surface area contributed by atoms with Crippen molar-refractivity contribution in [3.8, 4) is 0 Å². The van der Waals surface area contributed by atoms with Gasteiger partial charge in [0.15, 0.2) is 0 Å². The molecule has 1 aromatic rings. The molecule has 3 heteroatoms. The summed E-state index contributed by atoms with van der Waals surface area (Å²) in [4.78, 5) is 14.2. The standard InChI is InChI=1S/C15H22N2O/c1-15(2,16)10-9-14(18)17-11-5-7-12-6-3-4-8-13(12)17/h3-4,6,8H,5,7,9-11,16H2,1-2H3. The Morgan fingerprint density at radius 1 is 1.39 bits per heavy atom. The Kier molecular flexibility index (Phi) is 3.71. The summed E-state index contributed by atoms with van der Waals surface area (Å²) in [5.41, 5.74) is 8.03. The normalized spacial score (nSPS) is 15.4. The monoisotopic (exact) mass is 246 g/mol. The predicted octanol–water partition coefficient (Wildman–Crippen LogP) is 2.48. The Morgan fingerprint density at radius 2 is 2.11 bits per heavy atom. The van der Waals surface area contributed by atoms with Crippen LogP contribution in [0.3, 0.4) is 0 Å². The van der Waals surface area contributed by atoms with Crippen molar-refractivity contribution in [2.24, 2.45) is 5.73 Å². The number of carbonyl (C=O) groups is 1. The van der Waals surface area contributed by atoms with Gasteiger partial charge in [0.1, 0.15) is 0 Å². The molecule has 98 valence electrons. The van der Waals surface area contributed by atoms with Gasteiger partial charge in [-0.25, -0.2) is 0 Å². The summed E-state index contributed by atoms with van der Waals surface area (Å²) in [5.74, 6) is 0.195. The molecule has 0 fully saturated rings. The smallest absolute Gasteiger partial charge is 0.227 e. The van der Waals surface area contributed by atoms with Crippen LogP contribution in [0.15, 0.2) is 24.3 Å². The van der Waals surface area contributed by atoms with E-state index in [1.807, 2.05) is 36.9 Å². The summed E-state index contributed by atoms with van der Waals surface area (Å²) in [6.07, 6.45) is 3.37.